The van der Waals surface area contributed by atoms with Gasteiger partial charge in [-0.2, -0.15) is 4.98 Å². The zero-order valence-corrected chi connectivity index (χ0v) is 9.66. The molecule has 0 bridgehead atoms. The second-order valence-corrected chi connectivity index (χ2v) is 3.95. The molecule has 0 aliphatic heterocycles. The highest BCUT2D eigenvalue weighted by Crippen LogP contribution is 2.25. The molecule has 1 aromatic carbocycles. The molecule has 1 N–H and O–H groups in total. The summed E-state index contributed by atoms with van der Waals surface area (Å²) in [5, 5.41) is 13.6. The molecule has 6 heteroatoms. The van der Waals surface area contributed by atoms with E-state index in [4.69, 9.17) is 32.8 Å². The molecular formula is C10H8Cl2N2O2. The lowest BCUT2D eigenvalue weighted by molar-refractivity contribution is 0.222. The third kappa shape index (κ3) is 2.35. The van der Waals surface area contributed by atoms with E-state index >= 15 is 0 Å². The van der Waals surface area contributed by atoms with Gasteiger partial charge in [0, 0.05) is 16.5 Å². The first-order valence-electron chi connectivity index (χ1n) is 4.56. The number of aliphatic hydroxyl groups is 1. The van der Waals surface area contributed by atoms with Crippen molar-refractivity contribution in [1.29, 1.82) is 0 Å². The predicted molar refractivity (Wildman–Crippen MR) is 59.5 cm³/mol. The van der Waals surface area contributed by atoms with E-state index in [2.05, 4.69) is 10.1 Å². The molecule has 1 heterocycles. The number of hydrogen-bond acceptors (Lipinski definition) is 4. The van der Waals surface area contributed by atoms with E-state index in [1.807, 2.05) is 0 Å². The van der Waals surface area contributed by atoms with E-state index < -0.39 is 0 Å². The van der Waals surface area contributed by atoms with Gasteiger partial charge in [-0.25, -0.2) is 0 Å². The van der Waals surface area contributed by atoms with Crippen molar-refractivity contribution < 1.29 is 9.63 Å². The molecule has 0 aliphatic carbocycles. The van der Waals surface area contributed by atoms with Gasteiger partial charge in [0.2, 0.25) is 0 Å². The molecule has 84 valence electrons. The molecule has 0 radical (unpaired) electrons. The number of hydrogen-bond donors (Lipinski definition) is 1. The van der Waals surface area contributed by atoms with Crippen molar-refractivity contribution in [3.8, 4) is 0 Å². The zero-order valence-electron chi connectivity index (χ0n) is 8.15. The van der Waals surface area contributed by atoms with Gasteiger partial charge in [-0.1, -0.05) is 34.4 Å². The van der Waals surface area contributed by atoms with E-state index in [1.54, 1.807) is 18.2 Å². The fourth-order valence-electron chi connectivity index (χ4n) is 1.29. The van der Waals surface area contributed by atoms with Gasteiger partial charge >= 0.3 is 0 Å². The van der Waals surface area contributed by atoms with Crippen LogP contribution >= 0.6 is 23.2 Å². The standard InChI is InChI=1S/C10H8Cl2N2O2/c11-7-2-1-3-8(12)6(7)4-9-13-10(5-15)16-14-9/h1-3,15H,4-5H2. The monoisotopic (exact) mass is 258 g/mol. The van der Waals surface area contributed by atoms with Crippen molar-refractivity contribution in [2.75, 3.05) is 0 Å². The third-order valence-corrected chi connectivity index (χ3v) is 2.75. The molecular weight excluding hydrogens is 251 g/mol. The van der Waals surface area contributed by atoms with Crippen LogP contribution < -0.4 is 0 Å². The number of aliphatic hydroxyl groups excluding tert-OH is 1. The van der Waals surface area contributed by atoms with E-state index in [0.717, 1.165) is 5.56 Å². The van der Waals surface area contributed by atoms with Gasteiger partial charge in [0.25, 0.3) is 5.89 Å². The minimum atomic E-state index is -0.275. The van der Waals surface area contributed by atoms with E-state index in [-0.39, 0.29) is 12.5 Å². The van der Waals surface area contributed by atoms with E-state index in [9.17, 15) is 0 Å². The smallest absolute Gasteiger partial charge is 0.252 e. The lowest BCUT2D eigenvalue weighted by atomic mass is 10.1. The molecule has 0 saturated heterocycles. The average Bonchev–Trinajstić information content (AvgIpc) is 2.71. The Morgan fingerprint density at radius 3 is 2.50 bits per heavy atom. The van der Waals surface area contributed by atoms with E-state index in [0.29, 0.717) is 22.3 Å². The Morgan fingerprint density at radius 1 is 1.25 bits per heavy atom. The summed E-state index contributed by atoms with van der Waals surface area (Å²) in [6.07, 6.45) is 0.377. The third-order valence-electron chi connectivity index (χ3n) is 2.04. The van der Waals surface area contributed by atoms with Gasteiger partial charge in [-0.05, 0) is 17.7 Å². The van der Waals surface area contributed by atoms with Crippen molar-refractivity contribution in [3.63, 3.8) is 0 Å². The van der Waals surface area contributed by atoms with Crippen molar-refractivity contribution in [2.24, 2.45) is 0 Å². The van der Waals surface area contributed by atoms with Crippen LogP contribution in [0.15, 0.2) is 22.7 Å². The number of halogens is 2. The molecule has 0 amide bonds. The Balaban J connectivity index is 2.26. The van der Waals surface area contributed by atoms with Crippen LogP contribution in [0, 0.1) is 0 Å². The Bertz CT molecular complexity index is 479. The molecule has 0 unspecified atom stereocenters. The fourth-order valence-corrected chi connectivity index (χ4v) is 1.82. The molecule has 0 spiro atoms. The molecule has 1 aromatic heterocycles. The highest BCUT2D eigenvalue weighted by atomic mass is 35.5. The summed E-state index contributed by atoms with van der Waals surface area (Å²) in [7, 11) is 0. The first-order chi connectivity index (χ1) is 7.70. The van der Waals surface area contributed by atoms with Gasteiger partial charge in [-0.3, -0.25) is 0 Å². The number of rotatable bonds is 3. The van der Waals surface area contributed by atoms with Crippen LogP contribution in [0.3, 0.4) is 0 Å². The Labute approximate surface area is 102 Å². The summed E-state index contributed by atoms with van der Waals surface area (Å²) >= 11 is 12.0. The molecule has 4 nitrogen and oxygen atoms in total. The quantitative estimate of drug-likeness (QED) is 0.919. The van der Waals surface area contributed by atoms with Crippen molar-refractivity contribution in [1.82, 2.24) is 10.1 Å². The predicted octanol–water partition coefficient (Wildman–Crippen LogP) is 2.46. The van der Waals surface area contributed by atoms with Crippen LogP contribution in [-0.4, -0.2) is 15.2 Å². The van der Waals surface area contributed by atoms with E-state index in [1.165, 1.54) is 0 Å². The zero-order chi connectivity index (χ0) is 11.5. The minimum absolute atomic E-state index is 0.179. The maximum Gasteiger partial charge on any atom is 0.252 e. The first kappa shape index (κ1) is 11.4. The Morgan fingerprint density at radius 2 is 1.94 bits per heavy atom. The normalized spacial score (nSPS) is 10.7. The second-order valence-electron chi connectivity index (χ2n) is 3.14. The lowest BCUT2D eigenvalue weighted by Crippen LogP contribution is -1.93. The van der Waals surface area contributed by atoms with Crippen LogP contribution in [0.2, 0.25) is 10.0 Å². The van der Waals surface area contributed by atoms with Gasteiger partial charge in [-0.15, -0.1) is 0 Å². The summed E-state index contributed by atoms with van der Waals surface area (Å²) in [6.45, 7) is -0.275. The highest BCUT2D eigenvalue weighted by molar-refractivity contribution is 6.36. The summed E-state index contributed by atoms with van der Waals surface area (Å²) < 4.78 is 4.77. The minimum Gasteiger partial charge on any atom is -0.387 e. The second kappa shape index (κ2) is 4.82. The Kier molecular flexibility index (Phi) is 3.43. The van der Waals surface area contributed by atoms with Crippen molar-refractivity contribution in [2.45, 2.75) is 13.0 Å². The summed E-state index contributed by atoms with van der Waals surface area (Å²) in [5.41, 5.74) is 0.746. The van der Waals surface area contributed by atoms with Crippen molar-refractivity contribution in [3.05, 3.63) is 45.5 Å². The van der Waals surface area contributed by atoms with Crippen molar-refractivity contribution >= 4 is 23.2 Å². The Hall–Kier alpha value is -1.10. The maximum atomic E-state index is 8.78. The lowest BCUT2D eigenvalue weighted by Gasteiger charge is -2.02. The van der Waals surface area contributed by atoms with Gasteiger partial charge in [0.15, 0.2) is 5.82 Å². The number of nitrogens with zero attached hydrogens (tertiary/aromatic N) is 2. The largest absolute Gasteiger partial charge is 0.387 e. The van der Waals surface area contributed by atoms with Crippen LogP contribution in [-0.2, 0) is 13.0 Å². The first-order valence-corrected chi connectivity index (χ1v) is 5.31. The average molecular weight is 259 g/mol. The van der Waals surface area contributed by atoms with Gasteiger partial charge < -0.3 is 9.63 Å². The summed E-state index contributed by atoms with van der Waals surface area (Å²) in [6, 6.07) is 5.26. The SMILES string of the molecule is OCc1nc(Cc2c(Cl)cccc2Cl)no1. The molecule has 0 fully saturated rings. The molecule has 16 heavy (non-hydrogen) atoms. The van der Waals surface area contributed by atoms with Crippen LogP contribution in [0.5, 0.6) is 0 Å². The van der Waals surface area contributed by atoms with Crippen LogP contribution in [0.1, 0.15) is 17.3 Å². The summed E-state index contributed by atoms with van der Waals surface area (Å²) in [4.78, 5) is 3.96. The summed E-state index contributed by atoms with van der Waals surface area (Å²) in [5.74, 6) is 0.622. The van der Waals surface area contributed by atoms with Crippen LogP contribution in [0.25, 0.3) is 0 Å². The number of benzene rings is 1. The van der Waals surface area contributed by atoms with Gasteiger partial charge in [0.1, 0.15) is 6.61 Å². The molecule has 0 aliphatic rings. The highest BCUT2D eigenvalue weighted by Gasteiger charge is 2.11. The molecule has 2 aromatic rings. The van der Waals surface area contributed by atoms with Gasteiger partial charge in [0.05, 0.1) is 0 Å². The molecule has 0 saturated carbocycles. The van der Waals surface area contributed by atoms with Crippen LogP contribution in [0.4, 0.5) is 0 Å². The number of aromatic nitrogens is 2. The maximum absolute atomic E-state index is 8.78. The topological polar surface area (TPSA) is 59.2 Å². The fraction of sp³-hybridized carbons (Fsp3) is 0.200. The molecule has 2 rings (SSSR count). The molecule has 0 atom stereocenters.